The molecular weight excluding hydrogens is 304 g/mol. The molecule has 0 spiro atoms. The van der Waals surface area contributed by atoms with Crippen molar-refractivity contribution in [2.75, 3.05) is 5.32 Å². The largest absolute Gasteiger partial charge is 0.357 e. The van der Waals surface area contributed by atoms with Crippen molar-refractivity contribution in [3.8, 4) is 0 Å². The van der Waals surface area contributed by atoms with Crippen molar-refractivity contribution in [3.63, 3.8) is 0 Å². The lowest BCUT2D eigenvalue weighted by molar-refractivity contribution is -0.380. The lowest BCUT2D eigenvalue weighted by Gasteiger charge is -1.94. The molecule has 2 heterocycles. The summed E-state index contributed by atoms with van der Waals surface area (Å²) in [5.74, 6) is 0.683. The third-order valence-corrected chi connectivity index (χ3v) is 5.48. The molecule has 0 bridgehead atoms. The Balaban J connectivity index is 1.55. The van der Waals surface area contributed by atoms with Crippen molar-refractivity contribution in [1.82, 2.24) is 10.2 Å². The van der Waals surface area contributed by atoms with Crippen molar-refractivity contribution in [2.24, 2.45) is 0 Å². The third-order valence-electron chi connectivity index (χ3n) is 2.49. The van der Waals surface area contributed by atoms with Crippen LogP contribution in [0.15, 0.2) is 15.8 Å². The van der Waals surface area contributed by atoms with E-state index in [1.54, 1.807) is 17.8 Å². The molecule has 0 aromatic carbocycles. The van der Waals surface area contributed by atoms with Crippen LogP contribution in [0.5, 0.6) is 0 Å². The molecule has 0 radical (unpaired) electrons. The van der Waals surface area contributed by atoms with Crippen LogP contribution in [-0.4, -0.2) is 21.2 Å². The van der Waals surface area contributed by atoms with Gasteiger partial charge in [-0.05, 0) is 18.4 Å². The summed E-state index contributed by atoms with van der Waals surface area (Å²) in [5, 5.41) is 24.9. The van der Waals surface area contributed by atoms with Crippen LogP contribution in [0, 0.1) is 10.1 Å². The molecule has 1 fully saturated rings. The van der Waals surface area contributed by atoms with Gasteiger partial charge in [0.25, 0.3) is 0 Å². The molecule has 1 N–H and O–H groups in total. The summed E-state index contributed by atoms with van der Waals surface area (Å²) in [6.45, 7) is 0. The van der Waals surface area contributed by atoms with E-state index in [1.807, 2.05) is 5.38 Å². The van der Waals surface area contributed by atoms with E-state index in [2.05, 4.69) is 15.5 Å². The highest BCUT2D eigenvalue weighted by atomic mass is 32.2. The Morgan fingerprint density at radius 2 is 2.37 bits per heavy atom. The first-order valence-corrected chi connectivity index (χ1v) is 8.33. The second-order valence-corrected chi connectivity index (χ2v) is 7.22. The number of hydrogen-bond acceptors (Lipinski definition) is 8. The van der Waals surface area contributed by atoms with Crippen LogP contribution < -0.4 is 5.32 Å². The minimum Gasteiger partial charge on any atom is -0.357 e. The van der Waals surface area contributed by atoms with Gasteiger partial charge in [-0.2, -0.15) is 0 Å². The highest BCUT2D eigenvalue weighted by molar-refractivity contribution is 8.00. The second kappa shape index (κ2) is 5.43. The number of rotatable bonds is 6. The molecule has 1 aliphatic rings. The van der Waals surface area contributed by atoms with E-state index < -0.39 is 0 Å². The molecule has 9 heteroatoms. The molecule has 0 amide bonds. The van der Waals surface area contributed by atoms with Crippen LogP contribution in [0.1, 0.15) is 18.4 Å². The lowest BCUT2D eigenvalue weighted by atomic mass is 10.4. The van der Waals surface area contributed by atoms with Crippen LogP contribution >= 0.6 is 34.4 Å². The van der Waals surface area contributed by atoms with Crippen LogP contribution in [0.3, 0.4) is 0 Å². The fourth-order valence-corrected chi connectivity index (χ4v) is 4.00. The van der Waals surface area contributed by atoms with Crippen LogP contribution in [0.25, 0.3) is 0 Å². The summed E-state index contributed by atoms with van der Waals surface area (Å²) in [5.41, 5.74) is 0.952. The summed E-state index contributed by atoms with van der Waals surface area (Å²) in [6.07, 6.45) is 2.42. The van der Waals surface area contributed by atoms with Gasteiger partial charge in [-0.3, -0.25) is 10.1 Å². The molecule has 19 heavy (non-hydrogen) atoms. The SMILES string of the molecule is O=[N+]([O-])c1cc(CSc2nnc(NC3CC3)s2)cs1. The molecular formula is C10H10N4O2S3. The number of thiophene rings is 1. The van der Waals surface area contributed by atoms with E-state index in [4.69, 9.17) is 0 Å². The normalized spacial score (nSPS) is 14.5. The summed E-state index contributed by atoms with van der Waals surface area (Å²) in [4.78, 5) is 10.2. The van der Waals surface area contributed by atoms with Crippen molar-refractivity contribution in [3.05, 3.63) is 27.1 Å². The van der Waals surface area contributed by atoms with Gasteiger partial charge in [0, 0.05) is 23.2 Å². The molecule has 2 aromatic heterocycles. The lowest BCUT2D eigenvalue weighted by Crippen LogP contribution is -1.99. The molecule has 0 unspecified atom stereocenters. The predicted octanol–water partition coefficient (Wildman–Crippen LogP) is 3.37. The summed E-state index contributed by atoms with van der Waals surface area (Å²) in [6, 6.07) is 2.19. The van der Waals surface area contributed by atoms with Crippen molar-refractivity contribution in [2.45, 2.75) is 29.0 Å². The highest BCUT2D eigenvalue weighted by Crippen LogP contribution is 2.33. The predicted molar refractivity (Wildman–Crippen MR) is 77.1 cm³/mol. The van der Waals surface area contributed by atoms with Gasteiger partial charge in [-0.1, -0.05) is 34.4 Å². The van der Waals surface area contributed by atoms with Gasteiger partial charge in [0.05, 0.1) is 4.92 Å². The third kappa shape index (κ3) is 3.43. The second-order valence-electron chi connectivity index (χ2n) is 4.13. The van der Waals surface area contributed by atoms with Crippen LogP contribution in [-0.2, 0) is 5.75 Å². The molecule has 1 aliphatic carbocycles. The fraction of sp³-hybridized carbons (Fsp3) is 0.400. The van der Waals surface area contributed by atoms with Gasteiger partial charge in [0.1, 0.15) is 0 Å². The van der Waals surface area contributed by atoms with Crippen LogP contribution in [0.4, 0.5) is 10.1 Å². The van der Waals surface area contributed by atoms with E-state index in [0.717, 1.165) is 26.4 Å². The maximum absolute atomic E-state index is 10.6. The zero-order chi connectivity index (χ0) is 13.2. The van der Waals surface area contributed by atoms with Gasteiger partial charge < -0.3 is 5.32 Å². The van der Waals surface area contributed by atoms with Crippen molar-refractivity contribution >= 4 is 44.6 Å². The van der Waals surface area contributed by atoms with Crippen molar-refractivity contribution < 1.29 is 4.92 Å². The molecule has 6 nitrogen and oxygen atoms in total. The summed E-state index contributed by atoms with van der Waals surface area (Å²) >= 11 is 4.25. The standard InChI is InChI=1S/C10H10N4O2S3/c15-14(16)8-3-6(4-17-8)5-18-10-13-12-9(19-10)11-7-1-2-7/h3-4,7H,1-2,5H2,(H,11,12). The zero-order valence-corrected chi connectivity index (χ0v) is 12.2. The number of hydrogen-bond donors (Lipinski definition) is 1. The summed E-state index contributed by atoms with van der Waals surface area (Å²) in [7, 11) is 0. The topological polar surface area (TPSA) is 81.0 Å². The molecule has 0 saturated heterocycles. The number of nitrogens with one attached hydrogen (secondary N) is 1. The first-order chi connectivity index (χ1) is 9.20. The Bertz CT molecular complexity index is 593. The Morgan fingerprint density at radius 3 is 3.05 bits per heavy atom. The van der Waals surface area contributed by atoms with Gasteiger partial charge in [0.2, 0.25) is 5.13 Å². The number of aromatic nitrogens is 2. The van der Waals surface area contributed by atoms with E-state index >= 15 is 0 Å². The number of nitrogens with zero attached hydrogens (tertiary/aromatic N) is 3. The van der Waals surface area contributed by atoms with Gasteiger partial charge in [0.15, 0.2) is 4.34 Å². The Labute approximate surface area is 121 Å². The number of anilines is 1. The van der Waals surface area contributed by atoms with Gasteiger partial charge in [-0.15, -0.1) is 10.2 Å². The fourth-order valence-electron chi connectivity index (χ4n) is 1.41. The monoisotopic (exact) mass is 314 g/mol. The Kier molecular flexibility index (Phi) is 3.67. The maximum Gasteiger partial charge on any atom is 0.324 e. The van der Waals surface area contributed by atoms with Crippen molar-refractivity contribution in [1.29, 1.82) is 0 Å². The molecule has 0 aliphatic heterocycles. The Hall–Kier alpha value is -1.19. The van der Waals surface area contributed by atoms with E-state index in [-0.39, 0.29) is 9.92 Å². The van der Waals surface area contributed by atoms with Gasteiger partial charge in [-0.25, -0.2) is 0 Å². The molecule has 2 aromatic rings. The average molecular weight is 314 g/mol. The average Bonchev–Trinajstić information content (AvgIpc) is 2.91. The highest BCUT2D eigenvalue weighted by Gasteiger charge is 2.22. The smallest absolute Gasteiger partial charge is 0.324 e. The molecule has 1 saturated carbocycles. The quantitative estimate of drug-likeness (QED) is 0.500. The minimum absolute atomic E-state index is 0.184. The Morgan fingerprint density at radius 1 is 1.53 bits per heavy atom. The summed E-state index contributed by atoms with van der Waals surface area (Å²) < 4.78 is 0.886. The van der Waals surface area contributed by atoms with Crippen LogP contribution in [0.2, 0.25) is 0 Å². The number of nitro groups is 1. The van der Waals surface area contributed by atoms with Gasteiger partial charge >= 0.3 is 5.00 Å². The zero-order valence-electron chi connectivity index (χ0n) is 9.74. The van der Waals surface area contributed by atoms with E-state index in [1.165, 1.54) is 24.2 Å². The maximum atomic E-state index is 10.6. The molecule has 3 rings (SSSR count). The van der Waals surface area contributed by atoms with E-state index in [0.29, 0.717) is 11.8 Å². The molecule has 100 valence electrons. The number of thioether (sulfide) groups is 1. The first kappa shape index (κ1) is 12.8. The first-order valence-electron chi connectivity index (χ1n) is 5.65. The molecule has 0 atom stereocenters. The minimum atomic E-state index is -0.360. The van der Waals surface area contributed by atoms with E-state index in [9.17, 15) is 10.1 Å².